The van der Waals surface area contributed by atoms with Crippen molar-refractivity contribution in [3.05, 3.63) is 28.5 Å². The van der Waals surface area contributed by atoms with Crippen LogP contribution in [0.5, 0.6) is 0 Å². The first-order valence-corrected chi connectivity index (χ1v) is 5.06. The van der Waals surface area contributed by atoms with E-state index in [9.17, 15) is 4.79 Å². The molecular weight excluding hydrogens is 246 g/mol. The van der Waals surface area contributed by atoms with Gasteiger partial charge in [-0.05, 0) is 28.1 Å². The molecule has 1 N–H and O–H groups in total. The fraction of sp³-hybridized carbons (Fsp3) is 0.400. The van der Waals surface area contributed by atoms with E-state index >= 15 is 0 Å². The summed E-state index contributed by atoms with van der Waals surface area (Å²) in [5, 5.41) is 8.74. The van der Waals surface area contributed by atoms with Gasteiger partial charge < -0.3 is 5.11 Å². The average Bonchev–Trinajstić information content (AvgIpc) is 2.01. The number of halogens is 1. The second-order valence-electron chi connectivity index (χ2n) is 3.80. The summed E-state index contributed by atoms with van der Waals surface area (Å²) in [6.45, 7) is 3.74. The van der Waals surface area contributed by atoms with Crippen molar-refractivity contribution in [2.24, 2.45) is 0 Å². The second-order valence-corrected chi connectivity index (χ2v) is 4.61. The number of rotatable bonds is 3. The van der Waals surface area contributed by atoms with Gasteiger partial charge in [-0.2, -0.15) is 0 Å². The molecular formula is C10H12BrNO2. The van der Waals surface area contributed by atoms with Gasteiger partial charge in [-0.15, -0.1) is 0 Å². The molecule has 1 aromatic rings. The van der Waals surface area contributed by atoms with Crippen LogP contribution in [-0.2, 0) is 10.2 Å². The number of pyridine rings is 1. The van der Waals surface area contributed by atoms with Gasteiger partial charge in [-0.3, -0.25) is 4.79 Å². The summed E-state index contributed by atoms with van der Waals surface area (Å²) in [6.07, 6.45) is 0.0798. The molecule has 0 bridgehead atoms. The highest BCUT2D eigenvalue weighted by molar-refractivity contribution is 9.10. The molecule has 0 aliphatic rings. The normalized spacial score (nSPS) is 11.4. The van der Waals surface area contributed by atoms with Crippen LogP contribution in [0.2, 0.25) is 0 Å². The van der Waals surface area contributed by atoms with Gasteiger partial charge >= 0.3 is 5.97 Å². The molecule has 0 aliphatic carbocycles. The minimum absolute atomic E-state index is 0.0798. The van der Waals surface area contributed by atoms with E-state index in [0.29, 0.717) is 0 Å². The fourth-order valence-corrected chi connectivity index (χ4v) is 1.60. The SMILES string of the molecule is CC(C)(CC(=O)O)c1cccc(Br)n1. The minimum Gasteiger partial charge on any atom is -0.481 e. The van der Waals surface area contributed by atoms with Gasteiger partial charge in [0.2, 0.25) is 0 Å². The summed E-state index contributed by atoms with van der Waals surface area (Å²) in [5.41, 5.74) is 0.351. The van der Waals surface area contributed by atoms with Crippen LogP contribution in [0.25, 0.3) is 0 Å². The first kappa shape index (κ1) is 11.2. The number of hydrogen-bond donors (Lipinski definition) is 1. The molecule has 14 heavy (non-hydrogen) atoms. The lowest BCUT2D eigenvalue weighted by Crippen LogP contribution is -2.22. The highest BCUT2D eigenvalue weighted by Crippen LogP contribution is 2.26. The summed E-state index contributed by atoms with van der Waals surface area (Å²) in [5.74, 6) is -0.809. The van der Waals surface area contributed by atoms with Crippen LogP contribution in [-0.4, -0.2) is 16.1 Å². The maximum atomic E-state index is 10.6. The molecule has 0 spiro atoms. The Labute approximate surface area is 91.3 Å². The van der Waals surface area contributed by atoms with Crippen molar-refractivity contribution < 1.29 is 9.90 Å². The number of carbonyl (C=O) groups is 1. The Morgan fingerprint density at radius 1 is 1.57 bits per heavy atom. The Morgan fingerprint density at radius 3 is 2.71 bits per heavy atom. The van der Waals surface area contributed by atoms with E-state index in [2.05, 4.69) is 20.9 Å². The van der Waals surface area contributed by atoms with Crippen LogP contribution in [0.15, 0.2) is 22.8 Å². The van der Waals surface area contributed by atoms with Crippen LogP contribution in [0.3, 0.4) is 0 Å². The molecule has 0 atom stereocenters. The third-order valence-corrected chi connectivity index (χ3v) is 2.44. The van der Waals surface area contributed by atoms with Crippen LogP contribution in [0, 0.1) is 0 Å². The predicted molar refractivity (Wildman–Crippen MR) is 57.2 cm³/mol. The van der Waals surface area contributed by atoms with E-state index in [1.807, 2.05) is 32.0 Å². The molecule has 1 heterocycles. The summed E-state index contributed by atoms with van der Waals surface area (Å²) in [7, 11) is 0. The molecule has 0 radical (unpaired) electrons. The summed E-state index contributed by atoms with van der Waals surface area (Å²) >= 11 is 3.26. The van der Waals surface area contributed by atoms with Gasteiger partial charge in [0.1, 0.15) is 4.60 Å². The molecule has 0 aliphatic heterocycles. The van der Waals surface area contributed by atoms with Gasteiger partial charge in [-0.1, -0.05) is 19.9 Å². The number of aromatic nitrogens is 1. The maximum Gasteiger partial charge on any atom is 0.304 e. The van der Waals surface area contributed by atoms with Crippen molar-refractivity contribution in [1.29, 1.82) is 0 Å². The van der Waals surface area contributed by atoms with Crippen LogP contribution >= 0.6 is 15.9 Å². The highest BCUT2D eigenvalue weighted by Gasteiger charge is 2.25. The largest absolute Gasteiger partial charge is 0.481 e. The van der Waals surface area contributed by atoms with Crippen LogP contribution in [0.1, 0.15) is 26.0 Å². The molecule has 1 aromatic heterocycles. The molecule has 0 fully saturated rings. The lowest BCUT2D eigenvalue weighted by Gasteiger charge is -2.21. The molecule has 0 saturated heterocycles. The number of hydrogen-bond acceptors (Lipinski definition) is 2. The molecule has 0 saturated carbocycles. The number of aliphatic carboxylic acids is 1. The lowest BCUT2D eigenvalue weighted by atomic mass is 9.85. The number of carboxylic acids is 1. The fourth-order valence-electron chi connectivity index (χ4n) is 1.25. The summed E-state index contributed by atoms with van der Waals surface area (Å²) in [6, 6.07) is 5.52. The topological polar surface area (TPSA) is 50.2 Å². The zero-order chi connectivity index (χ0) is 10.8. The zero-order valence-corrected chi connectivity index (χ0v) is 9.71. The smallest absolute Gasteiger partial charge is 0.304 e. The third-order valence-electron chi connectivity index (χ3n) is 2.00. The Balaban J connectivity index is 2.97. The van der Waals surface area contributed by atoms with Crippen molar-refractivity contribution in [2.45, 2.75) is 25.7 Å². The van der Waals surface area contributed by atoms with E-state index in [0.717, 1.165) is 10.3 Å². The van der Waals surface area contributed by atoms with Crippen molar-refractivity contribution in [3.63, 3.8) is 0 Å². The van der Waals surface area contributed by atoms with E-state index < -0.39 is 11.4 Å². The number of nitrogens with zero attached hydrogens (tertiary/aromatic N) is 1. The van der Waals surface area contributed by atoms with Crippen molar-refractivity contribution in [2.75, 3.05) is 0 Å². The van der Waals surface area contributed by atoms with E-state index in [1.54, 1.807) is 0 Å². The van der Waals surface area contributed by atoms with Crippen molar-refractivity contribution in [1.82, 2.24) is 4.98 Å². The lowest BCUT2D eigenvalue weighted by molar-refractivity contribution is -0.138. The molecule has 3 nitrogen and oxygen atoms in total. The van der Waals surface area contributed by atoms with Crippen molar-refractivity contribution >= 4 is 21.9 Å². The van der Waals surface area contributed by atoms with Gasteiger partial charge in [0, 0.05) is 11.1 Å². The van der Waals surface area contributed by atoms with Crippen LogP contribution in [0.4, 0.5) is 0 Å². The van der Waals surface area contributed by atoms with E-state index in [1.165, 1.54) is 0 Å². The van der Waals surface area contributed by atoms with E-state index in [-0.39, 0.29) is 6.42 Å². The van der Waals surface area contributed by atoms with E-state index in [4.69, 9.17) is 5.11 Å². The Kier molecular flexibility index (Phi) is 3.26. The molecule has 0 amide bonds. The number of carboxylic acid groups (broad SMARTS) is 1. The van der Waals surface area contributed by atoms with Gasteiger partial charge in [0.05, 0.1) is 6.42 Å². The molecule has 0 unspecified atom stereocenters. The zero-order valence-electron chi connectivity index (χ0n) is 8.12. The first-order chi connectivity index (χ1) is 6.42. The summed E-state index contributed by atoms with van der Waals surface area (Å²) < 4.78 is 0.730. The quantitative estimate of drug-likeness (QED) is 0.848. The van der Waals surface area contributed by atoms with Crippen LogP contribution < -0.4 is 0 Å². The maximum absolute atomic E-state index is 10.6. The Morgan fingerprint density at radius 2 is 2.21 bits per heavy atom. The standard InChI is InChI=1S/C10H12BrNO2/c1-10(2,6-9(13)14)7-4-3-5-8(11)12-7/h3-5H,6H2,1-2H3,(H,13,14). The predicted octanol–water partition coefficient (Wildman–Crippen LogP) is 2.60. The molecule has 4 heteroatoms. The summed E-state index contributed by atoms with van der Waals surface area (Å²) in [4.78, 5) is 14.9. The van der Waals surface area contributed by atoms with Gasteiger partial charge in [0.25, 0.3) is 0 Å². The molecule has 76 valence electrons. The van der Waals surface area contributed by atoms with Gasteiger partial charge in [-0.25, -0.2) is 4.98 Å². The first-order valence-electron chi connectivity index (χ1n) is 4.27. The Hall–Kier alpha value is -0.900. The second kappa shape index (κ2) is 4.09. The minimum atomic E-state index is -0.809. The average molecular weight is 258 g/mol. The third kappa shape index (κ3) is 2.80. The molecule has 1 rings (SSSR count). The highest BCUT2D eigenvalue weighted by atomic mass is 79.9. The van der Waals surface area contributed by atoms with Crippen molar-refractivity contribution in [3.8, 4) is 0 Å². The monoisotopic (exact) mass is 257 g/mol. The Bertz CT molecular complexity index is 350. The van der Waals surface area contributed by atoms with Gasteiger partial charge in [0.15, 0.2) is 0 Å². The molecule has 0 aromatic carbocycles.